The van der Waals surface area contributed by atoms with Crippen molar-refractivity contribution in [1.82, 2.24) is 0 Å². The van der Waals surface area contributed by atoms with E-state index >= 15 is 0 Å². The Kier molecular flexibility index (Phi) is 5.14. The highest BCUT2D eigenvalue weighted by atomic mass is 32.2. The highest BCUT2D eigenvalue weighted by Crippen LogP contribution is 2.29. The van der Waals surface area contributed by atoms with Crippen molar-refractivity contribution in [2.45, 2.75) is 4.90 Å². The van der Waals surface area contributed by atoms with Gasteiger partial charge in [-0.05, 0) is 18.2 Å². The van der Waals surface area contributed by atoms with Crippen LogP contribution in [0.3, 0.4) is 0 Å². The number of nitrogens with one attached hydrogen (secondary N) is 1. The predicted molar refractivity (Wildman–Crippen MR) is 86.8 cm³/mol. The number of ether oxygens (including phenoxy) is 1. The normalized spacial score (nSPS) is 10.9. The van der Waals surface area contributed by atoms with Crippen LogP contribution in [0.1, 0.15) is 0 Å². The third-order valence-electron chi connectivity index (χ3n) is 3.09. The smallest absolute Gasteiger partial charge is 0.271 e. The van der Waals surface area contributed by atoms with E-state index in [0.717, 1.165) is 6.07 Å². The average Bonchev–Trinajstić information content (AvgIpc) is 2.55. The summed E-state index contributed by atoms with van der Waals surface area (Å²) in [4.78, 5) is 22.2. The Labute approximate surface area is 138 Å². The lowest BCUT2D eigenvalue weighted by atomic mass is 10.2. The molecule has 1 amide bonds. The molecule has 8 nitrogen and oxygen atoms in total. The van der Waals surface area contributed by atoms with Gasteiger partial charge in [0.1, 0.15) is 11.5 Å². The number of methoxy groups -OCH3 is 1. The third kappa shape index (κ3) is 4.07. The summed E-state index contributed by atoms with van der Waals surface area (Å²) in [7, 11) is -2.48. The van der Waals surface area contributed by atoms with Crippen LogP contribution in [0.5, 0.6) is 5.75 Å². The Morgan fingerprint density at radius 3 is 2.46 bits per heavy atom. The fourth-order valence-corrected chi connectivity index (χ4v) is 3.13. The summed E-state index contributed by atoms with van der Waals surface area (Å²) in [5.74, 6) is -1.42. The lowest BCUT2D eigenvalue weighted by Crippen LogP contribution is -2.23. The van der Waals surface area contributed by atoms with Crippen molar-refractivity contribution in [3.63, 3.8) is 0 Å². The topological polar surface area (TPSA) is 116 Å². The molecular weight excluding hydrogens is 336 g/mol. The largest absolute Gasteiger partial charge is 0.495 e. The van der Waals surface area contributed by atoms with Crippen molar-refractivity contribution < 1.29 is 22.9 Å². The van der Waals surface area contributed by atoms with E-state index in [9.17, 15) is 23.3 Å². The summed E-state index contributed by atoms with van der Waals surface area (Å²) in [5.41, 5.74) is -0.225. The molecule has 0 spiro atoms. The SMILES string of the molecule is COc1ccc([N+](=O)[O-])cc1NC(=O)CS(=O)(=O)c1ccccc1. The maximum absolute atomic E-state index is 12.2. The first-order valence-corrected chi connectivity index (χ1v) is 8.39. The van der Waals surface area contributed by atoms with Crippen molar-refractivity contribution in [2.24, 2.45) is 0 Å². The summed E-state index contributed by atoms with van der Waals surface area (Å²) in [5, 5.41) is 13.1. The van der Waals surface area contributed by atoms with Gasteiger partial charge >= 0.3 is 0 Å². The van der Waals surface area contributed by atoms with Gasteiger partial charge in [-0.2, -0.15) is 0 Å². The minimum atomic E-state index is -3.81. The molecule has 24 heavy (non-hydrogen) atoms. The number of nitro groups is 1. The van der Waals surface area contributed by atoms with Gasteiger partial charge in [0.2, 0.25) is 5.91 Å². The van der Waals surface area contributed by atoms with E-state index in [1.807, 2.05) is 0 Å². The maximum atomic E-state index is 12.2. The number of sulfone groups is 1. The number of amides is 1. The van der Waals surface area contributed by atoms with Gasteiger partial charge in [0.15, 0.2) is 9.84 Å². The van der Waals surface area contributed by atoms with Gasteiger partial charge in [0.25, 0.3) is 5.69 Å². The highest BCUT2D eigenvalue weighted by molar-refractivity contribution is 7.92. The number of anilines is 1. The van der Waals surface area contributed by atoms with E-state index in [-0.39, 0.29) is 22.0 Å². The van der Waals surface area contributed by atoms with E-state index in [2.05, 4.69) is 5.32 Å². The van der Waals surface area contributed by atoms with Crippen LogP contribution in [-0.2, 0) is 14.6 Å². The van der Waals surface area contributed by atoms with E-state index in [1.165, 1.54) is 31.4 Å². The number of nitrogens with zero attached hydrogens (tertiary/aromatic N) is 1. The van der Waals surface area contributed by atoms with Gasteiger partial charge in [-0.1, -0.05) is 18.2 Å². The number of carbonyl (C=O) groups excluding carboxylic acids is 1. The molecule has 0 aliphatic carbocycles. The summed E-state index contributed by atoms with van der Waals surface area (Å²) in [6.45, 7) is 0. The van der Waals surface area contributed by atoms with Crippen LogP contribution in [0.4, 0.5) is 11.4 Å². The van der Waals surface area contributed by atoms with Crippen LogP contribution >= 0.6 is 0 Å². The second-order valence-corrected chi connectivity index (χ2v) is 6.75. The highest BCUT2D eigenvalue weighted by Gasteiger charge is 2.21. The Morgan fingerprint density at radius 2 is 1.88 bits per heavy atom. The molecular formula is C15H14N2O6S. The molecule has 1 N–H and O–H groups in total. The fraction of sp³-hybridized carbons (Fsp3) is 0.133. The number of hydrogen-bond acceptors (Lipinski definition) is 6. The maximum Gasteiger partial charge on any atom is 0.271 e. The second-order valence-electron chi connectivity index (χ2n) is 4.76. The van der Waals surface area contributed by atoms with Gasteiger partial charge in [0, 0.05) is 12.1 Å². The van der Waals surface area contributed by atoms with Gasteiger partial charge in [-0.25, -0.2) is 8.42 Å². The molecule has 0 saturated carbocycles. The Bertz CT molecular complexity index is 865. The molecule has 9 heteroatoms. The Hall–Kier alpha value is -2.94. The summed E-state index contributed by atoms with van der Waals surface area (Å²) in [6.07, 6.45) is 0. The summed E-state index contributed by atoms with van der Waals surface area (Å²) in [6, 6.07) is 11.2. The zero-order chi connectivity index (χ0) is 17.7. The van der Waals surface area contributed by atoms with E-state index in [0.29, 0.717) is 0 Å². The number of carbonyl (C=O) groups is 1. The van der Waals surface area contributed by atoms with Crippen molar-refractivity contribution in [3.05, 3.63) is 58.6 Å². The zero-order valence-corrected chi connectivity index (χ0v) is 13.4. The number of hydrogen-bond donors (Lipinski definition) is 1. The molecule has 0 aliphatic heterocycles. The third-order valence-corrected chi connectivity index (χ3v) is 4.72. The van der Waals surface area contributed by atoms with Gasteiger partial charge in [0.05, 0.1) is 22.6 Å². The van der Waals surface area contributed by atoms with Crippen LogP contribution < -0.4 is 10.1 Å². The van der Waals surface area contributed by atoms with E-state index in [4.69, 9.17) is 4.74 Å². The van der Waals surface area contributed by atoms with Crippen molar-refractivity contribution in [2.75, 3.05) is 18.2 Å². The molecule has 0 saturated heterocycles. The minimum Gasteiger partial charge on any atom is -0.495 e. The molecule has 126 valence electrons. The molecule has 2 aromatic rings. The standard InChI is InChI=1S/C15H14N2O6S/c1-23-14-8-7-11(17(19)20)9-13(14)16-15(18)10-24(21,22)12-5-3-2-4-6-12/h2-9H,10H2,1H3,(H,16,18). The summed E-state index contributed by atoms with van der Waals surface area (Å²) >= 11 is 0. The molecule has 0 unspecified atom stereocenters. The number of rotatable bonds is 6. The Morgan fingerprint density at radius 1 is 1.21 bits per heavy atom. The van der Waals surface area contributed by atoms with Crippen LogP contribution in [-0.4, -0.2) is 32.1 Å². The quantitative estimate of drug-likeness (QED) is 0.629. The monoisotopic (exact) mass is 350 g/mol. The van der Waals surface area contributed by atoms with Gasteiger partial charge < -0.3 is 10.1 Å². The molecule has 0 aromatic heterocycles. The van der Waals surface area contributed by atoms with Crippen LogP contribution in [0.15, 0.2) is 53.4 Å². The van der Waals surface area contributed by atoms with E-state index < -0.39 is 26.4 Å². The number of benzene rings is 2. The van der Waals surface area contributed by atoms with Crippen molar-refractivity contribution >= 4 is 27.1 Å². The first-order valence-electron chi connectivity index (χ1n) is 6.73. The molecule has 0 bridgehead atoms. The van der Waals surface area contributed by atoms with Crippen molar-refractivity contribution in [1.29, 1.82) is 0 Å². The predicted octanol–water partition coefficient (Wildman–Crippen LogP) is 2.02. The number of nitro benzene ring substituents is 1. The molecule has 0 fully saturated rings. The van der Waals surface area contributed by atoms with Crippen LogP contribution in [0, 0.1) is 10.1 Å². The molecule has 0 atom stereocenters. The zero-order valence-electron chi connectivity index (χ0n) is 12.6. The Balaban J connectivity index is 2.21. The summed E-state index contributed by atoms with van der Waals surface area (Å²) < 4.78 is 29.3. The lowest BCUT2D eigenvalue weighted by molar-refractivity contribution is -0.384. The molecule has 2 rings (SSSR count). The fourth-order valence-electron chi connectivity index (χ4n) is 1.98. The second kappa shape index (κ2) is 7.09. The van der Waals surface area contributed by atoms with Crippen LogP contribution in [0.2, 0.25) is 0 Å². The number of non-ortho nitro benzene ring substituents is 1. The molecule has 2 aromatic carbocycles. The van der Waals surface area contributed by atoms with Gasteiger partial charge in [-0.3, -0.25) is 14.9 Å². The van der Waals surface area contributed by atoms with Crippen molar-refractivity contribution in [3.8, 4) is 5.75 Å². The molecule has 0 aliphatic rings. The van der Waals surface area contributed by atoms with Crippen LogP contribution in [0.25, 0.3) is 0 Å². The van der Waals surface area contributed by atoms with E-state index in [1.54, 1.807) is 18.2 Å². The lowest BCUT2D eigenvalue weighted by Gasteiger charge is -2.10. The first kappa shape index (κ1) is 17.4. The first-order chi connectivity index (χ1) is 11.3. The average molecular weight is 350 g/mol. The van der Waals surface area contributed by atoms with Gasteiger partial charge in [-0.15, -0.1) is 0 Å². The molecule has 0 radical (unpaired) electrons. The molecule has 0 heterocycles. The minimum absolute atomic E-state index is 0.0196.